The van der Waals surface area contributed by atoms with Crippen LogP contribution < -0.4 is 27.2 Å². The number of aliphatic hydroxyl groups excluding tert-OH is 1. The first-order valence-electron chi connectivity index (χ1n) is 20.3. The fourth-order valence-electron chi connectivity index (χ4n) is 5.52. The number of carbonyl (C=O) groups is 1. The predicted octanol–water partition coefficient (Wildman–Crippen LogP) is 6.65. The first-order valence-corrected chi connectivity index (χ1v) is 22.6. The molecule has 0 rings (SSSR count). The molecule has 14 heteroatoms. The predicted molar refractivity (Wildman–Crippen MR) is 226 cm³/mol. The number of aliphatic carboxylic acids is 1. The Kier molecular flexibility index (Phi) is 53.4. The van der Waals surface area contributed by atoms with E-state index in [0.29, 0.717) is 5.96 Å². The molecule has 0 aromatic rings. The van der Waals surface area contributed by atoms with Gasteiger partial charge in [0.2, 0.25) is 0 Å². The summed E-state index contributed by atoms with van der Waals surface area (Å²) in [6, 6.07) is 0.872. The molecule has 0 fully saturated rings. The summed E-state index contributed by atoms with van der Waals surface area (Å²) in [4.78, 5) is 13.3. The number of unbranched alkanes of at least 4 members (excludes halogenated alkanes) is 17. The SMILES string of the molecule is C=CC(=O)[O-].CCCCCCCCCCCCCCCCCC[N+](C)(C)CCC[Si](CO)(OC)OC.CCCCN=C(N)NC(N)NCCCC.Cl.[Ag+]. The molecule has 0 spiro atoms. The fourth-order valence-corrected chi connectivity index (χ4v) is 7.21. The van der Waals surface area contributed by atoms with E-state index in [1.165, 1.54) is 109 Å². The van der Waals surface area contributed by atoms with Crippen LogP contribution in [0.25, 0.3) is 0 Å². The number of rotatable bonds is 33. The summed E-state index contributed by atoms with van der Waals surface area (Å²) >= 11 is 0. The van der Waals surface area contributed by atoms with Crippen molar-refractivity contribution in [3.8, 4) is 0 Å². The van der Waals surface area contributed by atoms with Crippen molar-refractivity contribution in [1.29, 1.82) is 0 Å². The van der Waals surface area contributed by atoms with Crippen LogP contribution in [0.15, 0.2) is 17.6 Å². The number of hydrogen-bond donors (Lipinski definition) is 5. The Morgan fingerprint density at radius 3 is 1.58 bits per heavy atom. The van der Waals surface area contributed by atoms with Crippen LogP contribution in [-0.2, 0) is 36.0 Å². The maximum absolute atomic E-state index is 9.57. The number of guanidine groups is 1. The first kappa shape index (κ1) is 61.7. The van der Waals surface area contributed by atoms with Crippen molar-refractivity contribution in [3.05, 3.63) is 12.7 Å². The molecule has 0 amide bonds. The molecule has 0 bridgehead atoms. The maximum atomic E-state index is 9.57. The van der Waals surface area contributed by atoms with E-state index in [9.17, 15) is 5.11 Å². The molecule has 0 aliphatic heterocycles. The Morgan fingerprint density at radius 1 is 0.811 bits per heavy atom. The molecule has 0 saturated heterocycles. The maximum Gasteiger partial charge on any atom is 1.00 e. The second-order valence-electron chi connectivity index (χ2n) is 14.3. The summed E-state index contributed by atoms with van der Waals surface area (Å²) in [6.07, 6.45) is 28.7. The molecule has 0 aromatic carbocycles. The molecule has 0 radical (unpaired) electrons. The van der Waals surface area contributed by atoms with E-state index in [-0.39, 0.29) is 47.3 Å². The van der Waals surface area contributed by atoms with Gasteiger partial charge in [0.25, 0.3) is 0 Å². The normalized spacial score (nSPS) is 11.9. The summed E-state index contributed by atoms with van der Waals surface area (Å²) in [6.45, 7) is 13.5. The van der Waals surface area contributed by atoms with Crippen LogP contribution in [0.4, 0.5) is 0 Å². The molecule has 53 heavy (non-hydrogen) atoms. The topological polar surface area (TPSA) is 167 Å². The monoisotopic (exact) mass is 890 g/mol. The quantitative estimate of drug-likeness (QED) is 0.00923. The van der Waals surface area contributed by atoms with Crippen LogP contribution in [0.5, 0.6) is 0 Å². The fraction of sp³-hybridized carbons (Fsp3) is 0.897. The van der Waals surface area contributed by atoms with Crippen molar-refractivity contribution < 1.29 is 50.7 Å². The number of halogens is 1. The van der Waals surface area contributed by atoms with Gasteiger partial charge in [-0.1, -0.05) is 130 Å². The zero-order valence-electron chi connectivity index (χ0n) is 35.3. The van der Waals surface area contributed by atoms with Crippen molar-refractivity contribution in [3.63, 3.8) is 0 Å². The molecule has 1 unspecified atom stereocenters. The van der Waals surface area contributed by atoms with E-state index >= 15 is 0 Å². The minimum Gasteiger partial charge on any atom is -0.545 e. The molecule has 0 aromatic heterocycles. The number of hydrogen-bond acceptors (Lipinski definition) is 8. The number of carbonyl (C=O) groups excluding carboxylic acids is 1. The molecule has 0 heterocycles. The smallest absolute Gasteiger partial charge is 0.545 e. The third kappa shape index (κ3) is 47.6. The Labute approximate surface area is 350 Å². The molecule has 324 valence electrons. The van der Waals surface area contributed by atoms with Crippen LogP contribution >= 0.6 is 12.4 Å². The average Bonchev–Trinajstić information content (AvgIpc) is 3.11. The van der Waals surface area contributed by atoms with Crippen LogP contribution in [-0.4, -0.2) is 97.1 Å². The number of carboxylic acid groups (broad SMARTS) is 1. The van der Waals surface area contributed by atoms with Crippen molar-refractivity contribution in [2.75, 3.05) is 60.7 Å². The van der Waals surface area contributed by atoms with E-state index in [1.54, 1.807) is 14.2 Å². The van der Waals surface area contributed by atoms with Gasteiger partial charge in [0.1, 0.15) is 6.29 Å². The second kappa shape index (κ2) is 45.9. The van der Waals surface area contributed by atoms with Gasteiger partial charge in [-0.2, -0.15) is 0 Å². The van der Waals surface area contributed by atoms with Crippen molar-refractivity contribution >= 4 is 32.9 Å². The largest absolute Gasteiger partial charge is 1.00 e. The first-order chi connectivity index (χ1) is 24.4. The minimum absolute atomic E-state index is 0. The number of carboxylic acids is 1. The Morgan fingerprint density at radius 2 is 1.21 bits per heavy atom. The van der Waals surface area contributed by atoms with Gasteiger partial charge in [-0.3, -0.25) is 16.0 Å². The summed E-state index contributed by atoms with van der Waals surface area (Å²) in [5, 5.41) is 24.7. The van der Waals surface area contributed by atoms with Crippen LogP contribution in [0, 0.1) is 0 Å². The molecule has 7 N–H and O–H groups in total. The minimum atomic E-state index is -2.35. The van der Waals surface area contributed by atoms with Gasteiger partial charge >= 0.3 is 30.9 Å². The Bertz CT molecular complexity index is 793. The van der Waals surface area contributed by atoms with Crippen LogP contribution in [0.3, 0.4) is 0 Å². The van der Waals surface area contributed by atoms with E-state index < -0.39 is 14.5 Å². The van der Waals surface area contributed by atoms with Gasteiger partial charge in [0.15, 0.2) is 5.96 Å². The molecule has 0 aliphatic rings. The van der Waals surface area contributed by atoms with E-state index in [4.69, 9.17) is 30.2 Å². The van der Waals surface area contributed by atoms with Gasteiger partial charge in [-0.15, -0.1) is 12.4 Å². The van der Waals surface area contributed by atoms with Crippen molar-refractivity contribution in [2.24, 2.45) is 16.5 Å². The summed E-state index contributed by atoms with van der Waals surface area (Å²) in [7, 11) is 5.64. The Hall–Kier alpha value is -0.513. The third-order valence-electron chi connectivity index (χ3n) is 9.08. The number of aliphatic imine (C=N–C) groups is 1. The molecular weight excluding hydrogens is 804 g/mol. The molecule has 11 nitrogen and oxygen atoms in total. The average molecular weight is 892 g/mol. The van der Waals surface area contributed by atoms with Crippen LogP contribution in [0.1, 0.15) is 156 Å². The molecule has 1 atom stereocenters. The van der Waals surface area contributed by atoms with E-state index in [2.05, 4.69) is 57.1 Å². The molecule has 0 aliphatic carbocycles. The van der Waals surface area contributed by atoms with Gasteiger partial charge in [0, 0.05) is 20.8 Å². The standard InChI is InChI=1S/C26H58NO3Si.C10H25N5.C3H4O2.Ag.ClH/c1-6-7-8-9-10-11-12-13-14-15-16-17-18-19-20-21-23-27(2,3)24-22-25-31(26-28,29-4)30-5;1-3-5-7-13-9(11)15-10(12)14-8-6-4-2;1-2-3(4)5;;/h28H,6-26H2,1-5H3;9,13H,3-8,11H2,1-2H3,(H3,12,14,15);2H,1H2,(H,4,5);;1H/q+1;;;+1;/p-1. The summed E-state index contributed by atoms with van der Waals surface area (Å²) in [5.74, 6) is -0.815. The summed E-state index contributed by atoms with van der Waals surface area (Å²) < 4.78 is 12.1. The van der Waals surface area contributed by atoms with E-state index in [1.807, 2.05) is 0 Å². The zero-order chi connectivity index (χ0) is 39.1. The van der Waals surface area contributed by atoms with Crippen LogP contribution in [0.2, 0.25) is 6.04 Å². The van der Waals surface area contributed by atoms with Crippen molar-refractivity contribution in [2.45, 2.75) is 168 Å². The number of nitrogens with two attached hydrogens (primary N) is 2. The van der Waals surface area contributed by atoms with Gasteiger partial charge in [-0.25, -0.2) is 0 Å². The Balaban J connectivity index is -0.000000290. The van der Waals surface area contributed by atoms with Gasteiger partial charge in [-0.05, 0) is 50.8 Å². The summed E-state index contributed by atoms with van der Waals surface area (Å²) in [5.41, 5.74) is 11.4. The van der Waals surface area contributed by atoms with Gasteiger partial charge in [0.05, 0.1) is 39.4 Å². The van der Waals surface area contributed by atoms with Crippen molar-refractivity contribution in [1.82, 2.24) is 10.6 Å². The number of nitrogens with zero attached hydrogens (tertiary/aromatic N) is 2. The van der Waals surface area contributed by atoms with E-state index in [0.717, 1.165) is 68.3 Å². The second-order valence-corrected chi connectivity index (χ2v) is 17.8. The third-order valence-corrected chi connectivity index (χ3v) is 12.2. The number of aliphatic hydroxyl groups is 1. The molecule has 0 saturated carbocycles. The number of nitrogens with one attached hydrogen (secondary N) is 2. The zero-order valence-corrected chi connectivity index (χ0v) is 38.6. The number of quaternary nitrogens is 1. The van der Waals surface area contributed by atoms with Gasteiger partial charge < -0.3 is 39.4 Å². The molecular formula is C39H87AgClN6O5Si+.